The lowest BCUT2D eigenvalue weighted by atomic mass is 9.99. The first-order valence-corrected chi connectivity index (χ1v) is 8.09. The van der Waals surface area contributed by atoms with Crippen LogP contribution in [0.4, 0.5) is 0 Å². The maximum Gasteiger partial charge on any atom is 0.342 e. The first kappa shape index (κ1) is 20.8. The van der Waals surface area contributed by atoms with Gasteiger partial charge in [0.05, 0.1) is 14.2 Å². The molecule has 0 fully saturated rings. The van der Waals surface area contributed by atoms with Crippen molar-refractivity contribution in [3.63, 3.8) is 0 Å². The third-order valence-corrected chi connectivity index (χ3v) is 3.94. The Morgan fingerprint density at radius 2 is 1.92 bits per heavy atom. The lowest BCUT2D eigenvalue weighted by molar-refractivity contribution is -0.147. The summed E-state index contributed by atoms with van der Waals surface area (Å²) in [6.45, 7) is 3.15. The van der Waals surface area contributed by atoms with E-state index in [1.165, 1.54) is 26.4 Å². The van der Waals surface area contributed by atoms with Gasteiger partial charge in [-0.15, -0.1) is 0 Å². The SMILES string of the molecule is CC[C@H](C)[C@H](NC(=O)COC(=O)c1cc(Cl)ccc1OC)C(=O)OC. The first-order chi connectivity index (χ1) is 11.8. The van der Waals surface area contributed by atoms with Gasteiger partial charge in [-0.3, -0.25) is 4.79 Å². The third-order valence-electron chi connectivity index (χ3n) is 3.70. The zero-order valence-electron chi connectivity index (χ0n) is 14.6. The summed E-state index contributed by atoms with van der Waals surface area (Å²) >= 11 is 5.86. The highest BCUT2D eigenvalue weighted by Gasteiger charge is 2.27. The zero-order chi connectivity index (χ0) is 19.0. The fraction of sp³-hybridized carbons (Fsp3) is 0.471. The van der Waals surface area contributed by atoms with Crippen molar-refractivity contribution in [2.75, 3.05) is 20.8 Å². The predicted octanol–water partition coefficient (Wildman–Crippen LogP) is 2.21. The average Bonchev–Trinajstić information content (AvgIpc) is 2.62. The van der Waals surface area contributed by atoms with Crippen molar-refractivity contribution in [1.82, 2.24) is 5.32 Å². The second-order valence-corrected chi connectivity index (χ2v) is 5.81. The number of halogens is 1. The van der Waals surface area contributed by atoms with E-state index in [1.807, 2.05) is 13.8 Å². The fourth-order valence-corrected chi connectivity index (χ4v) is 2.23. The van der Waals surface area contributed by atoms with Gasteiger partial charge in [-0.05, 0) is 24.1 Å². The van der Waals surface area contributed by atoms with Gasteiger partial charge < -0.3 is 19.5 Å². The lowest BCUT2D eigenvalue weighted by Crippen LogP contribution is -2.47. The molecule has 0 aliphatic rings. The highest BCUT2D eigenvalue weighted by atomic mass is 35.5. The maximum atomic E-state index is 12.1. The molecule has 0 aliphatic heterocycles. The molecule has 7 nitrogen and oxygen atoms in total. The van der Waals surface area contributed by atoms with Crippen LogP contribution in [-0.4, -0.2) is 44.7 Å². The van der Waals surface area contributed by atoms with E-state index in [2.05, 4.69) is 10.1 Å². The average molecular weight is 372 g/mol. The van der Waals surface area contributed by atoms with E-state index in [0.717, 1.165) is 0 Å². The lowest BCUT2D eigenvalue weighted by Gasteiger charge is -2.21. The number of carbonyl (C=O) groups excluding carboxylic acids is 3. The van der Waals surface area contributed by atoms with Gasteiger partial charge >= 0.3 is 11.9 Å². The number of amides is 1. The number of benzene rings is 1. The number of ether oxygens (including phenoxy) is 3. The quantitative estimate of drug-likeness (QED) is 0.704. The highest BCUT2D eigenvalue weighted by Crippen LogP contribution is 2.23. The molecule has 0 aromatic heterocycles. The van der Waals surface area contributed by atoms with Gasteiger partial charge in [0.25, 0.3) is 5.91 Å². The topological polar surface area (TPSA) is 90.9 Å². The Morgan fingerprint density at radius 1 is 1.24 bits per heavy atom. The van der Waals surface area contributed by atoms with Crippen LogP contribution in [0.5, 0.6) is 5.75 Å². The molecule has 0 radical (unpaired) electrons. The summed E-state index contributed by atoms with van der Waals surface area (Å²) in [6.07, 6.45) is 0.666. The first-order valence-electron chi connectivity index (χ1n) is 7.71. The number of nitrogens with one attached hydrogen (secondary N) is 1. The standard InChI is InChI=1S/C17H22ClNO6/c1-5-10(2)15(17(22)24-4)19-14(20)9-25-16(21)12-8-11(18)6-7-13(12)23-3/h6-8,10,15H,5,9H2,1-4H3,(H,19,20)/t10-,15-/m0/s1. The van der Waals surface area contributed by atoms with E-state index in [9.17, 15) is 14.4 Å². The number of rotatable bonds is 8. The Morgan fingerprint density at radius 3 is 2.48 bits per heavy atom. The van der Waals surface area contributed by atoms with E-state index in [4.69, 9.17) is 21.1 Å². The second kappa shape index (κ2) is 9.88. The second-order valence-electron chi connectivity index (χ2n) is 5.37. The van der Waals surface area contributed by atoms with Crippen LogP contribution in [0.3, 0.4) is 0 Å². The van der Waals surface area contributed by atoms with Crippen LogP contribution >= 0.6 is 11.6 Å². The van der Waals surface area contributed by atoms with Crippen LogP contribution in [0.15, 0.2) is 18.2 Å². The van der Waals surface area contributed by atoms with Crippen molar-refractivity contribution in [3.8, 4) is 5.75 Å². The molecule has 2 atom stereocenters. The van der Waals surface area contributed by atoms with Gasteiger partial charge in [0.1, 0.15) is 17.4 Å². The minimum atomic E-state index is -0.804. The molecule has 0 unspecified atom stereocenters. The zero-order valence-corrected chi connectivity index (χ0v) is 15.4. The third kappa shape index (κ3) is 5.94. The van der Waals surface area contributed by atoms with E-state index in [-0.39, 0.29) is 17.2 Å². The number of carbonyl (C=O) groups is 3. The molecule has 1 amide bonds. The van der Waals surface area contributed by atoms with E-state index in [0.29, 0.717) is 11.4 Å². The van der Waals surface area contributed by atoms with Gasteiger partial charge in [0.2, 0.25) is 0 Å². The number of hydrogen-bond acceptors (Lipinski definition) is 6. The largest absolute Gasteiger partial charge is 0.496 e. The number of esters is 2. The summed E-state index contributed by atoms with van der Waals surface area (Å²) in [6, 6.07) is 3.67. The molecule has 1 rings (SSSR count). The molecule has 8 heteroatoms. The molecule has 25 heavy (non-hydrogen) atoms. The maximum absolute atomic E-state index is 12.1. The summed E-state index contributed by atoms with van der Waals surface area (Å²) in [4.78, 5) is 35.9. The van der Waals surface area contributed by atoms with Crippen molar-refractivity contribution >= 4 is 29.4 Å². The fourth-order valence-electron chi connectivity index (χ4n) is 2.06. The Labute approximate surface area is 151 Å². The molecular formula is C17H22ClNO6. The van der Waals surface area contributed by atoms with Crippen LogP contribution in [-0.2, 0) is 19.1 Å². The normalized spacial score (nSPS) is 12.7. The van der Waals surface area contributed by atoms with Crippen molar-refractivity contribution in [1.29, 1.82) is 0 Å². The molecule has 1 N–H and O–H groups in total. The van der Waals surface area contributed by atoms with Gasteiger partial charge in [-0.1, -0.05) is 31.9 Å². The Bertz CT molecular complexity index is 634. The van der Waals surface area contributed by atoms with Crippen LogP contribution in [0.25, 0.3) is 0 Å². The van der Waals surface area contributed by atoms with Crippen molar-refractivity contribution in [2.24, 2.45) is 5.92 Å². The van der Waals surface area contributed by atoms with E-state index in [1.54, 1.807) is 6.07 Å². The smallest absolute Gasteiger partial charge is 0.342 e. The number of hydrogen-bond donors (Lipinski definition) is 1. The Kier molecular flexibility index (Phi) is 8.21. The van der Waals surface area contributed by atoms with E-state index >= 15 is 0 Å². The van der Waals surface area contributed by atoms with Gasteiger partial charge in [-0.25, -0.2) is 9.59 Å². The Balaban J connectivity index is 2.70. The van der Waals surface area contributed by atoms with Crippen molar-refractivity contribution in [2.45, 2.75) is 26.3 Å². The van der Waals surface area contributed by atoms with Crippen LogP contribution < -0.4 is 10.1 Å². The van der Waals surface area contributed by atoms with Gasteiger partial charge in [-0.2, -0.15) is 0 Å². The van der Waals surface area contributed by atoms with Crippen LogP contribution in [0, 0.1) is 5.92 Å². The molecule has 0 heterocycles. The number of methoxy groups -OCH3 is 2. The summed E-state index contributed by atoms with van der Waals surface area (Å²) in [5.41, 5.74) is 0.106. The minimum absolute atomic E-state index is 0.106. The molecule has 0 aliphatic carbocycles. The molecular weight excluding hydrogens is 350 g/mol. The molecule has 1 aromatic rings. The molecule has 138 valence electrons. The molecule has 0 saturated carbocycles. The molecule has 0 spiro atoms. The van der Waals surface area contributed by atoms with Crippen molar-refractivity contribution < 1.29 is 28.6 Å². The van der Waals surface area contributed by atoms with E-state index < -0.39 is 30.5 Å². The predicted molar refractivity (Wildman–Crippen MR) is 91.7 cm³/mol. The summed E-state index contributed by atoms with van der Waals surface area (Å²) < 4.78 is 14.7. The van der Waals surface area contributed by atoms with Crippen LogP contribution in [0.1, 0.15) is 30.6 Å². The minimum Gasteiger partial charge on any atom is -0.496 e. The van der Waals surface area contributed by atoms with Crippen LogP contribution in [0.2, 0.25) is 5.02 Å². The highest BCUT2D eigenvalue weighted by molar-refractivity contribution is 6.31. The summed E-state index contributed by atoms with van der Waals surface area (Å²) in [5.74, 6) is -1.76. The Hall–Kier alpha value is -2.28. The van der Waals surface area contributed by atoms with Gasteiger partial charge in [0.15, 0.2) is 6.61 Å². The monoisotopic (exact) mass is 371 g/mol. The summed E-state index contributed by atoms with van der Waals surface area (Å²) in [7, 11) is 2.65. The summed E-state index contributed by atoms with van der Waals surface area (Å²) in [5, 5.41) is 2.85. The molecule has 0 saturated heterocycles. The molecule has 0 bridgehead atoms. The molecule has 1 aromatic carbocycles. The van der Waals surface area contributed by atoms with Crippen molar-refractivity contribution in [3.05, 3.63) is 28.8 Å². The van der Waals surface area contributed by atoms with Gasteiger partial charge in [0, 0.05) is 5.02 Å².